The van der Waals surface area contributed by atoms with Crippen LogP contribution in [0.4, 0.5) is 5.69 Å². The number of rotatable bonds is 4. The molecule has 0 spiro atoms. The molecule has 0 amide bonds. The SMILES string of the molecule is CCOc1ccc2nc(Sc3ccccc3N)[nH]c2c1. The van der Waals surface area contributed by atoms with Crippen LogP contribution in [0.2, 0.25) is 0 Å². The van der Waals surface area contributed by atoms with Gasteiger partial charge in [0.2, 0.25) is 0 Å². The molecule has 0 atom stereocenters. The summed E-state index contributed by atoms with van der Waals surface area (Å²) in [5, 5.41) is 0.826. The predicted molar refractivity (Wildman–Crippen MR) is 82.2 cm³/mol. The third kappa shape index (κ3) is 2.58. The van der Waals surface area contributed by atoms with Crippen molar-refractivity contribution in [1.29, 1.82) is 0 Å². The van der Waals surface area contributed by atoms with E-state index in [1.165, 1.54) is 11.8 Å². The maximum absolute atomic E-state index is 5.94. The molecule has 3 rings (SSSR count). The number of para-hydroxylation sites is 1. The van der Waals surface area contributed by atoms with Gasteiger partial charge in [-0.15, -0.1) is 0 Å². The Morgan fingerprint density at radius 3 is 2.90 bits per heavy atom. The first-order valence-corrected chi connectivity index (χ1v) is 7.23. The van der Waals surface area contributed by atoms with Crippen LogP contribution in [0.15, 0.2) is 52.5 Å². The van der Waals surface area contributed by atoms with E-state index in [1.807, 2.05) is 49.4 Å². The van der Waals surface area contributed by atoms with E-state index in [9.17, 15) is 0 Å². The van der Waals surface area contributed by atoms with Crippen LogP contribution in [0.5, 0.6) is 5.75 Å². The zero-order valence-corrected chi connectivity index (χ0v) is 11.9. The molecular formula is C15H15N3OS. The average Bonchev–Trinajstić information content (AvgIpc) is 2.83. The first kappa shape index (κ1) is 12.9. The molecule has 102 valence electrons. The van der Waals surface area contributed by atoms with Gasteiger partial charge in [0.05, 0.1) is 17.6 Å². The minimum atomic E-state index is 0.655. The van der Waals surface area contributed by atoms with Crippen molar-refractivity contribution in [1.82, 2.24) is 9.97 Å². The Morgan fingerprint density at radius 2 is 2.10 bits per heavy atom. The van der Waals surface area contributed by atoms with Crippen molar-refractivity contribution in [3.8, 4) is 5.75 Å². The molecule has 0 unspecified atom stereocenters. The summed E-state index contributed by atoms with van der Waals surface area (Å²) in [7, 11) is 0. The van der Waals surface area contributed by atoms with Crippen molar-refractivity contribution in [2.24, 2.45) is 0 Å². The molecule has 0 aliphatic heterocycles. The molecule has 3 aromatic rings. The minimum Gasteiger partial charge on any atom is -0.494 e. The van der Waals surface area contributed by atoms with E-state index >= 15 is 0 Å². The Morgan fingerprint density at radius 1 is 1.25 bits per heavy atom. The van der Waals surface area contributed by atoms with E-state index in [0.717, 1.165) is 32.5 Å². The van der Waals surface area contributed by atoms with Gasteiger partial charge in [-0.1, -0.05) is 12.1 Å². The van der Waals surface area contributed by atoms with Gasteiger partial charge < -0.3 is 15.5 Å². The number of hydrogen-bond donors (Lipinski definition) is 2. The normalized spacial score (nSPS) is 10.8. The van der Waals surface area contributed by atoms with Crippen molar-refractivity contribution in [3.63, 3.8) is 0 Å². The van der Waals surface area contributed by atoms with Crippen molar-refractivity contribution in [2.45, 2.75) is 17.0 Å². The number of nitrogens with two attached hydrogens (primary N) is 1. The third-order valence-electron chi connectivity index (χ3n) is 2.87. The Kier molecular flexibility index (Phi) is 3.52. The number of hydrogen-bond acceptors (Lipinski definition) is 4. The van der Waals surface area contributed by atoms with E-state index in [-0.39, 0.29) is 0 Å². The van der Waals surface area contributed by atoms with Crippen LogP contribution in [-0.4, -0.2) is 16.6 Å². The molecule has 5 heteroatoms. The Hall–Kier alpha value is -2.14. The van der Waals surface area contributed by atoms with Crippen molar-refractivity contribution < 1.29 is 4.74 Å². The van der Waals surface area contributed by atoms with Gasteiger partial charge in [0.25, 0.3) is 0 Å². The second-order valence-corrected chi connectivity index (χ2v) is 5.32. The minimum absolute atomic E-state index is 0.655. The number of ether oxygens (including phenoxy) is 1. The zero-order chi connectivity index (χ0) is 13.9. The van der Waals surface area contributed by atoms with Gasteiger partial charge in [0, 0.05) is 16.6 Å². The highest BCUT2D eigenvalue weighted by atomic mass is 32.2. The highest BCUT2D eigenvalue weighted by Crippen LogP contribution is 2.31. The molecule has 1 aromatic heterocycles. The summed E-state index contributed by atoms with van der Waals surface area (Å²) in [6.45, 7) is 2.62. The highest BCUT2D eigenvalue weighted by molar-refractivity contribution is 7.99. The van der Waals surface area contributed by atoms with Gasteiger partial charge in [0.15, 0.2) is 5.16 Å². The summed E-state index contributed by atoms with van der Waals surface area (Å²) in [6.07, 6.45) is 0. The van der Waals surface area contributed by atoms with Crippen LogP contribution in [0.3, 0.4) is 0 Å². The van der Waals surface area contributed by atoms with Crippen LogP contribution >= 0.6 is 11.8 Å². The molecule has 0 aliphatic rings. The smallest absolute Gasteiger partial charge is 0.171 e. The largest absolute Gasteiger partial charge is 0.494 e. The van der Waals surface area contributed by atoms with Crippen LogP contribution < -0.4 is 10.5 Å². The maximum atomic E-state index is 5.94. The fourth-order valence-electron chi connectivity index (χ4n) is 1.95. The molecule has 0 fully saturated rings. The Labute approximate surface area is 121 Å². The summed E-state index contributed by atoms with van der Waals surface area (Å²) in [6, 6.07) is 13.6. The quantitative estimate of drug-likeness (QED) is 0.717. The molecule has 0 bridgehead atoms. The number of anilines is 1. The number of imidazole rings is 1. The molecule has 0 saturated heterocycles. The van der Waals surface area contributed by atoms with E-state index in [4.69, 9.17) is 10.5 Å². The fourth-order valence-corrected chi connectivity index (χ4v) is 2.79. The van der Waals surface area contributed by atoms with E-state index in [1.54, 1.807) is 0 Å². The Bertz CT molecular complexity index is 739. The number of nitrogens with zero attached hydrogens (tertiary/aromatic N) is 1. The Balaban J connectivity index is 1.91. The summed E-state index contributed by atoms with van der Waals surface area (Å²) in [4.78, 5) is 8.83. The molecular weight excluding hydrogens is 270 g/mol. The van der Waals surface area contributed by atoms with Gasteiger partial charge in [0.1, 0.15) is 5.75 Å². The number of H-pyrrole nitrogens is 1. The number of benzene rings is 2. The lowest BCUT2D eigenvalue weighted by molar-refractivity contribution is 0.340. The van der Waals surface area contributed by atoms with E-state index in [2.05, 4.69) is 9.97 Å². The van der Waals surface area contributed by atoms with Crippen LogP contribution in [0.1, 0.15) is 6.92 Å². The first-order valence-electron chi connectivity index (χ1n) is 6.41. The van der Waals surface area contributed by atoms with Crippen LogP contribution in [-0.2, 0) is 0 Å². The van der Waals surface area contributed by atoms with Crippen molar-refractivity contribution in [2.75, 3.05) is 12.3 Å². The van der Waals surface area contributed by atoms with E-state index in [0.29, 0.717) is 6.61 Å². The second kappa shape index (κ2) is 5.46. The molecule has 0 saturated carbocycles. The standard InChI is InChI=1S/C15H15N3OS/c1-2-19-10-7-8-12-13(9-10)18-15(17-12)20-14-6-4-3-5-11(14)16/h3-9H,2,16H2,1H3,(H,17,18). The average molecular weight is 285 g/mol. The molecule has 20 heavy (non-hydrogen) atoms. The van der Waals surface area contributed by atoms with Crippen molar-refractivity contribution in [3.05, 3.63) is 42.5 Å². The lowest BCUT2D eigenvalue weighted by Crippen LogP contribution is -1.90. The first-order chi connectivity index (χ1) is 9.76. The number of nitrogens with one attached hydrogen (secondary N) is 1. The third-order valence-corrected chi connectivity index (χ3v) is 3.85. The van der Waals surface area contributed by atoms with Crippen LogP contribution in [0.25, 0.3) is 11.0 Å². The molecule has 1 heterocycles. The van der Waals surface area contributed by atoms with Gasteiger partial charge in [-0.3, -0.25) is 0 Å². The maximum Gasteiger partial charge on any atom is 0.171 e. The zero-order valence-electron chi connectivity index (χ0n) is 11.1. The highest BCUT2D eigenvalue weighted by Gasteiger charge is 2.07. The van der Waals surface area contributed by atoms with Gasteiger partial charge in [-0.25, -0.2) is 4.98 Å². The van der Waals surface area contributed by atoms with Gasteiger partial charge in [-0.05, 0) is 43.0 Å². The van der Waals surface area contributed by atoms with Crippen molar-refractivity contribution >= 4 is 28.5 Å². The molecule has 3 N–H and O–H groups in total. The van der Waals surface area contributed by atoms with Crippen LogP contribution in [0, 0.1) is 0 Å². The van der Waals surface area contributed by atoms with Gasteiger partial charge >= 0.3 is 0 Å². The summed E-state index contributed by atoms with van der Waals surface area (Å²) in [5.41, 5.74) is 8.59. The molecule has 0 radical (unpaired) electrons. The molecule has 2 aromatic carbocycles. The molecule has 0 aliphatic carbocycles. The summed E-state index contributed by atoms with van der Waals surface area (Å²) < 4.78 is 5.49. The van der Waals surface area contributed by atoms with E-state index < -0.39 is 0 Å². The topological polar surface area (TPSA) is 63.9 Å². The lowest BCUT2D eigenvalue weighted by atomic mass is 10.3. The number of nitrogen functional groups attached to an aromatic ring is 1. The number of aromatic amines is 1. The molecule has 4 nitrogen and oxygen atoms in total. The number of fused-ring (bicyclic) bond motifs is 1. The monoisotopic (exact) mass is 285 g/mol. The lowest BCUT2D eigenvalue weighted by Gasteiger charge is -2.01. The predicted octanol–water partition coefficient (Wildman–Crippen LogP) is 3.70. The fraction of sp³-hybridized carbons (Fsp3) is 0.133. The van der Waals surface area contributed by atoms with Gasteiger partial charge in [-0.2, -0.15) is 0 Å². The second-order valence-electron chi connectivity index (χ2n) is 4.29. The summed E-state index contributed by atoms with van der Waals surface area (Å²) >= 11 is 1.53. The summed E-state index contributed by atoms with van der Waals surface area (Å²) in [5.74, 6) is 0.847. The number of aromatic nitrogens is 2.